The number of thiophene rings is 1. The van der Waals surface area contributed by atoms with Crippen molar-refractivity contribution in [2.75, 3.05) is 19.0 Å². The summed E-state index contributed by atoms with van der Waals surface area (Å²) in [7, 11) is 1.85. The zero-order chi connectivity index (χ0) is 12.1. The standard InChI is InChI=1S/C12H15N3OS/c1-3-16-8-12-14-9(7-11(13-2)15-12)10-5-4-6-17-10/h4-7H,3,8H2,1-2H3,(H,13,14,15). The van der Waals surface area contributed by atoms with E-state index in [2.05, 4.69) is 21.4 Å². The Morgan fingerprint density at radius 3 is 2.94 bits per heavy atom. The maximum absolute atomic E-state index is 5.34. The van der Waals surface area contributed by atoms with Gasteiger partial charge in [-0.15, -0.1) is 11.3 Å². The minimum absolute atomic E-state index is 0.449. The molecule has 0 saturated heterocycles. The third-order valence-corrected chi connectivity index (χ3v) is 3.13. The second kappa shape index (κ2) is 5.75. The van der Waals surface area contributed by atoms with Crippen LogP contribution in [0.4, 0.5) is 5.82 Å². The van der Waals surface area contributed by atoms with E-state index in [0.29, 0.717) is 19.0 Å². The van der Waals surface area contributed by atoms with Crippen molar-refractivity contribution in [2.45, 2.75) is 13.5 Å². The molecule has 0 aromatic carbocycles. The number of hydrogen-bond donors (Lipinski definition) is 1. The van der Waals surface area contributed by atoms with Gasteiger partial charge in [-0.1, -0.05) is 6.07 Å². The molecule has 0 unspecified atom stereocenters. The SMILES string of the molecule is CCOCc1nc(NC)cc(-c2cccs2)n1. The van der Waals surface area contributed by atoms with E-state index in [1.165, 1.54) is 0 Å². The molecule has 0 aliphatic heterocycles. The van der Waals surface area contributed by atoms with Crippen LogP contribution >= 0.6 is 11.3 Å². The van der Waals surface area contributed by atoms with E-state index < -0.39 is 0 Å². The first-order valence-corrected chi connectivity index (χ1v) is 6.38. The van der Waals surface area contributed by atoms with Crippen molar-refractivity contribution in [3.63, 3.8) is 0 Å². The Bertz CT molecular complexity index is 471. The van der Waals surface area contributed by atoms with Crippen LogP contribution < -0.4 is 5.32 Å². The predicted octanol–water partition coefficient (Wildman–Crippen LogP) is 2.78. The molecule has 2 aromatic rings. The van der Waals surface area contributed by atoms with Gasteiger partial charge in [0.2, 0.25) is 0 Å². The molecule has 5 heteroatoms. The molecule has 0 atom stereocenters. The van der Waals surface area contributed by atoms with Gasteiger partial charge in [0.1, 0.15) is 12.4 Å². The van der Waals surface area contributed by atoms with Crippen LogP contribution in [0.5, 0.6) is 0 Å². The summed E-state index contributed by atoms with van der Waals surface area (Å²) in [4.78, 5) is 9.99. The highest BCUT2D eigenvalue weighted by molar-refractivity contribution is 7.13. The van der Waals surface area contributed by atoms with Crippen molar-refractivity contribution < 1.29 is 4.74 Å². The van der Waals surface area contributed by atoms with Gasteiger partial charge in [-0.2, -0.15) is 0 Å². The molecule has 2 aromatic heterocycles. The van der Waals surface area contributed by atoms with Crippen LogP contribution in [0.1, 0.15) is 12.7 Å². The lowest BCUT2D eigenvalue weighted by atomic mass is 10.3. The average Bonchev–Trinajstić information content (AvgIpc) is 2.89. The van der Waals surface area contributed by atoms with Crippen LogP contribution in [0.15, 0.2) is 23.6 Å². The molecule has 2 heterocycles. The number of hydrogen-bond acceptors (Lipinski definition) is 5. The lowest BCUT2D eigenvalue weighted by molar-refractivity contribution is 0.128. The Hall–Kier alpha value is -1.46. The summed E-state index contributed by atoms with van der Waals surface area (Å²) in [6.07, 6.45) is 0. The highest BCUT2D eigenvalue weighted by Gasteiger charge is 2.06. The van der Waals surface area contributed by atoms with Crippen LogP contribution in [-0.4, -0.2) is 23.6 Å². The van der Waals surface area contributed by atoms with Crippen molar-refractivity contribution in [2.24, 2.45) is 0 Å². The Morgan fingerprint density at radius 1 is 1.41 bits per heavy atom. The molecule has 0 fully saturated rings. The summed E-state index contributed by atoms with van der Waals surface area (Å²) < 4.78 is 5.34. The molecule has 17 heavy (non-hydrogen) atoms. The number of nitrogens with zero attached hydrogens (tertiary/aromatic N) is 2. The van der Waals surface area contributed by atoms with Gasteiger partial charge < -0.3 is 10.1 Å². The minimum atomic E-state index is 0.449. The number of rotatable bonds is 5. The summed E-state index contributed by atoms with van der Waals surface area (Å²) in [5.41, 5.74) is 0.939. The fourth-order valence-electron chi connectivity index (χ4n) is 1.43. The van der Waals surface area contributed by atoms with E-state index in [9.17, 15) is 0 Å². The minimum Gasteiger partial charge on any atom is -0.374 e. The fourth-order valence-corrected chi connectivity index (χ4v) is 2.12. The maximum Gasteiger partial charge on any atom is 0.157 e. The summed E-state index contributed by atoms with van der Waals surface area (Å²) in [5.74, 6) is 1.53. The fraction of sp³-hybridized carbons (Fsp3) is 0.333. The van der Waals surface area contributed by atoms with Crippen LogP contribution in [0.2, 0.25) is 0 Å². The van der Waals surface area contributed by atoms with Gasteiger partial charge in [-0.25, -0.2) is 9.97 Å². The number of nitrogens with one attached hydrogen (secondary N) is 1. The molecule has 1 N–H and O–H groups in total. The maximum atomic E-state index is 5.34. The van der Waals surface area contributed by atoms with Crippen LogP contribution in [0.25, 0.3) is 10.6 Å². The highest BCUT2D eigenvalue weighted by atomic mass is 32.1. The Kier molecular flexibility index (Phi) is 4.06. The monoisotopic (exact) mass is 249 g/mol. The predicted molar refractivity (Wildman–Crippen MR) is 70.2 cm³/mol. The zero-order valence-electron chi connectivity index (χ0n) is 9.93. The molecule has 0 aliphatic carbocycles. The van der Waals surface area contributed by atoms with E-state index in [1.54, 1.807) is 11.3 Å². The molecule has 0 amide bonds. The number of anilines is 1. The molecule has 4 nitrogen and oxygen atoms in total. The molecule has 0 spiro atoms. The molecule has 0 saturated carbocycles. The van der Waals surface area contributed by atoms with Crippen molar-refractivity contribution in [3.8, 4) is 10.6 Å². The highest BCUT2D eigenvalue weighted by Crippen LogP contribution is 2.24. The first kappa shape index (κ1) is 12.0. The third-order valence-electron chi connectivity index (χ3n) is 2.24. The van der Waals surface area contributed by atoms with Crippen LogP contribution in [0, 0.1) is 0 Å². The Labute approximate surface area is 105 Å². The normalized spacial score (nSPS) is 10.5. The number of ether oxygens (including phenoxy) is 1. The Balaban J connectivity index is 2.32. The summed E-state index contributed by atoms with van der Waals surface area (Å²) in [5, 5.41) is 5.08. The van der Waals surface area contributed by atoms with Gasteiger partial charge in [0.05, 0.1) is 10.6 Å². The first-order valence-electron chi connectivity index (χ1n) is 5.50. The van der Waals surface area contributed by atoms with Crippen molar-refractivity contribution in [3.05, 3.63) is 29.4 Å². The molecular weight excluding hydrogens is 234 g/mol. The summed E-state index contributed by atoms with van der Waals surface area (Å²) in [6, 6.07) is 6.02. The van der Waals surface area contributed by atoms with Gasteiger partial charge in [0.25, 0.3) is 0 Å². The van der Waals surface area contributed by atoms with E-state index in [-0.39, 0.29) is 0 Å². The lowest BCUT2D eigenvalue weighted by Gasteiger charge is -2.06. The van der Waals surface area contributed by atoms with E-state index in [4.69, 9.17) is 4.74 Å². The van der Waals surface area contributed by atoms with E-state index in [1.807, 2.05) is 31.5 Å². The van der Waals surface area contributed by atoms with Crippen molar-refractivity contribution >= 4 is 17.2 Å². The summed E-state index contributed by atoms with van der Waals surface area (Å²) >= 11 is 1.67. The number of aromatic nitrogens is 2. The van der Waals surface area contributed by atoms with Gasteiger partial charge in [0.15, 0.2) is 5.82 Å². The molecule has 0 radical (unpaired) electrons. The molecule has 0 bridgehead atoms. The molecule has 90 valence electrons. The van der Waals surface area contributed by atoms with Crippen LogP contribution in [0.3, 0.4) is 0 Å². The zero-order valence-corrected chi connectivity index (χ0v) is 10.8. The van der Waals surface area contributed by atoms with Crippen LogP contribution in [-0.2, 0) is 11.3 Å². The van der Waals surface area contributed by atoms with E-state index in [0.717, 1.165) is 16.4 Å². The Morgan fingerprint density at radius 2 is 2.29 bits per heavy atom. The lowest BCUT2D eigenvalue weighted by Crippen LogP contribution is -2.03. The van der Waals surface area contributed by atoms with Gasteiger partial charge in [-0.05, 0) is 18.4 Å². The van der Waals surface area contributed by atoms with Gasteiger partial charge in [-0.3, -0.25) is 0 Å². The molecule has 2 rings (SSSR count). The van der Waals surface area contributed by atoms with Gasteiger partial charge in [0, 0.05) is 19.7 Å². The second-order valence-electron chi connectivity index (χ2n) is 3.42. The van der Waals surface area contributed by atoms with Crippen molar-refractivity contribution in [1.29, 1.82) is 0 Å². The second-order valence-corrected chi connectivity index (χ2v) is 4.37. The quantitative estimate of drug-likeness (QED) is 0.885. The first-order chi connectivity index (χ1) is 8.33. The third kappa shape index (κ3) is 3.01. The average molecular weight is 249 g/mol. The largest absolute Gasteiger partial charge is 0.374 e. The molecule has 0 aliphatic rings. The summed E-state index contributed by atoms with van der Waals surface area (Å²) in [6.45, 7) is 3.08. The van der Waals surface area contributed by atoms with Gasteiger partial charge >= 0.3 is 0 Å². The molecular formula is C12H15N3OS. The smallest absolute Gasteiger partial charge is 0.157 e. The van der Waals surface area contributed by atoms with E-state index >= 15 is 0 Å². The topological polar surface area (TPSA) is 47.0 Å². The van der Waals surface area contributed by atoms with Crippen molar-refractivity contribution in [1.82, 2.24) is 9.97 Å².